The number of nitriles is 1. The third-order valence-corrected chi connectivity index (χ3v) is 2.92. The van der Waals surface area contributed by atoms with E-state index < -0.39 is 0 Å². The van der Waals surface area contributed by atoms with Gasteiger partial charge < -0.3 is 4.74 Å². The minimum atomic E-state index is 0.183. The van der Waals surface area contributed by atoms with Gasteiger partial charge in [-0.2, -0.15) is 5.26 Å². The van der Waals surface area contributed by atoms with Crippen LogP contribution in [0.4, 0.5) is 0 Å². The highest BCUT2D eigenvalue weighted by Gasteiger charge is 2.15. The summed E-state index contributed by atoms with van der Waals surface area (Å²) < 4.78 is 6.92. The van der Waals surface area contributed by atoms with Gasteiger partial charge in [-0.1, -0.05) is 17.3 Å². The van der Waals surface area contributed by atoms with Gasteiger partial charge in [0.1, 0.15) is 11.8 Å². The first kappa shape index (κ1) is 13.1. The van der Waals surface area contributed by atoms with Crippen LogP contribution >= 0.6 is 0 Å². The van der Waals surface area contributed by atoms with Gasteiger partial charge in [0.05, 0.1) is 12.8 Å². The Bertz CT molecular complexity index is 593. The maximum Gasteiger partial charge on any atom is 0.186 e. The maximum absolute atomic E-state index is 9.09. The predicted octanol–water partition coefficient (Wildman–Crippen LogP) is 2.33. The van der Waals surface area contributed by atoms with Crippen LogP contribution in [0.1, 0.15) is 36.8 Å². The molecule has 5 heteroatoms. The van der Waals surface area contributed by atoms with Crippen molar-refractivity contribution in [3.63, 3.8) is 0 Å². The second kappa shape index (κ2) is 5.53. The number of benzene rings is 1. The van der Waals surface area contributed by atoms with Crippen LogP contribution in [0.3, 0.4) is 0 Å². The van der Waals surface area contributed by atoms with Crippen LogP contribution in [0, 0.1) is 11.3 Å². The monoisotopic (exact) mass is 256 g/mol. The van der Waals surface area contributed by atoms with Crippen molar-refractivity contribution in [3.05, 3.63) is 41.2 Å². The molecule has 0 saturated carbocycles. The van der Waals surface area contributed by atoms with Gasteiger partial charge >= 0.3 is 0 Å². The van der Waals surface area contributed by atoms with Crippen molar-refractivity contribution in [1.82, 2.24) is 15.0 Å². The van der Waals surface area contributed by atoms with E-state index in [9.17, 15) is 0 Å². The molecule has 0 N–H and O–H groups in total. The molecule has 0 amide bonds. The molecular weight excluding hydrogens is 240 g/mol. The van der Waals surface area contributed by atoms with Crippen LogP contribution in [0.2, 0.25) is 0 Å². The van der Waals surface area contributed by atoms with Gasteiger partial charge in [-0.25, -0.2) is 4.68 Å². The zero-order chi connectivity index (χ0) is 13.8. The van der Waals surface area contributed by atoms with Crippen molar-refractivity contribution in [2.45, 2.75) is 26.3 Å². The van der Waals surface area contributed by atoms with Gasteiger partial charge in [0.15, 0.2) is 5.69 Å². The standard InChI is InChI=1S/C14H16N4O/c1-10(2)18-14(13(9-15)16-17-18)8-11-4-6-12(19-3)7-5-11/h4-7,10H,8H2,1-3H3. The predicted molar refractivity (Wildman–Crippen MR) is 70.9 cm³/mol. The molecule has 0 bridgehead atoms. The molecule has 0 aliphatic heterocycles. The molecule has 0 saturated heterocycles. The third kappa shape index (κ3) is 2.74. The van der Waals surface area contributed by atoms with Gasteiger partial charge in [-0.3, -0.25) is 0 Å². The molecular formula is C14H16N4O. The highest BCUT2D eigenvalue weighted by Crippen LogP contribution is 2.18. The Morgan fingerprint density at radius 3 is 2.53 bits per heavy atom. The maximum atomic E-state index is 9.09. The molecule has 1 aromatic carbocycles. The van der Waals surface area contributed by atoms with E-state index in [1.807, 2.05) is 38.1 Å². The van der Waals surface area contributed by atoms with E-state index in [-0.39, 0.29) is 6.04 Å². The molecule has 1 aromatic heterocycles. The van der Waals surface area contributed by atoms with Crippen molar-refractivity contribution in [2.24, 2.45) is 0 Å². The second-order valence-corrected chi connectivity index (χ2v) is 4.56. The Kier molecular flexibility index (Phi) is 3.81. The minimum Gasteiger partial charge on any atom is -0.497 e. The topological polar surface area (TPSA) is 63.7 Å². The van der Waals surface area contributed by atoms with E-state index in [0.29, 0.717) is 12.1 Å². The van der Waals surface area contributed by atoms with Crippen LogP contribution in [0.15, 0.2) is 24.3 Å². The summed E-state index contributed by atoms with van der Waals surface area (Å²) in [6.45, 7) is 4.04. The summed E-state index contributed by atoms with van der Waals surface area (Å²) in [5.41, 5.74) is 2.34. The Balaban J connectivity index is 2.31. The summed E-state index contributed by atoms with van der Waals surface area (Å²) >= 11 is 0. The lowest BCUT2D eigenvalue weighted by Crippen LogP contribution is -2.08. The van der Waals surface area contributed by atoms with E-state index in [2.05, 4.69) is 16.4 Å². The molecule has 0 atom stereocenters. The molecule has 19 heavy (non-hydrogen) atoms. The molecule has 2 rings (SSSR count). The normalized spacial score (nSPS) is 10.5. The quantitative estimate of drug-likeness (QED) is 0.842. The average molecular weight is 256 g/mol. The van der Waals surface area contributed by atoms with Crippen LogP contribution < -0.4 is 4.74 Å². The molecule has 1 heterocycles. The summed E-state index contributed by atoms with van der Waals surface area (Å²) in [4.78, 5) is 0. The van der Waals surface area contributed by atoms with E-state index in [4.69, 9.17) is 10.00 Å². The van der Waals surface area contributed by atoms with Crippen molar-refractivity contribution >= 4 is 0 Å². The molecule has 0 fully saturated rings. The fraction of sp³-hybridized carbons (Fsp3) is 0.357. The van der Waals surface area contributed by atoms with Gasteiger partial charge in [0.25, 0.3) is 0 Å². The lowest BCUT2D eigenvalue weighted by molar-refractivity contribution is 0.414. The van der Waals surface area contributed by atoms with Crippen molar-refractivity contribution in [3.8, 4) is 11.8 Å². The van der Waals surface area contributed by atoms with Crippen LogP contribution in [0.5, 0.6) is 5.75 Å². The summed E-state index contributed by atoms with van der Waals surface area (Å²) in [7, 11) is 1.64. The number of ether oxygens (including phenoxy) is 1. The minimum absolute atomic E-state index is 0.183. The molecule has 0 aliphatic rings. The zero-order valence-corrected chi connectivity index (χ0v) is 11.3. The fourth-order valence-corrected chi connectivity index (χ4v) is 1.92. The van der Waals surface area contributed by atoms with E-state index in [1.54, 1.807) is 11.8 Å². The molecule has 5 nitrogen and oxygen atoms in total. The number of rotatable bonds is 4. The largest absolute Gasteiger partial charge is 0.497 e. The second-order valence-electron chi connectivity index (χ2n) is 4.56. The zero-order valence-electron chi connectivity index (χ0n) is 11.3. The Morgan fingerprint density at radius 2 is 2.00 bits per heavy atom. The fourth-order valence-electron chi connectivity index (χ4n) is 1.92. The first-order valence-corrected chi connectivity index (χ1v) is 6.12. The SMILES string of the molecule is COc1ccc(Cc2c(C#N)nnn2C(C)C)cc1. The average Bonchev–Trinajstić information content (AvgIpc) is 2.82. The first-order chi connectivity index (χ1) is 9.15. The highest BCUT2D eigenvalue weighted by atomic mass is 16.5. The van der Waals surface area contributed by atoms with Gasteiger partial charge in [-0.15, -0.1) is 5.10 Å². The smallest absolute Gasteiger partial charge is 0.186 e. The Labute approximate surface area is 112 Å². The van der Waals surface area contributed by atoms with E-state index >= 15 is 0 Å². The van der Waals surface area contributed by atoms with Crippen molar-refractivity contribution in [1.29, 1.82) is 5.26 Å². The summed E-state index contributed by atoms with van der Waals surface area (Å²) in [5.74, 6) is 0.819. The summed E-state index contributed by atoms with van der Waals surface area (Å²) in [6, 6.07) is 10.1. The highest BCUT2D eigenvalue weighted by molar-refractivity contribution is 5.33. The van der Waals surface area contributed by atoms with Crippen molar-refractivity contribution < 1.29 is 4.74 Å². The van der Waals surface area contributed by atoms with Crippen LogP contribution in [0.25, 0.3) is 0 Å². The molecule has 0 spiro atoms. The molecule has 2 aromatic rings. The third-order valence-electron chi connectivity index (χ3n) is 2.92. The molecule has 98 valence electrons. The van der Waals surface area contributed by atoms with Crippen LogP contribution in [-0.2, 0) is 6.42 Å². The van der Waals surface area contributed by atoms with E-state index in [0.717, 1.165) is 17.0 Å². The van der Waals surface area contributed by atoms with Gasteiger partial charge in [0.2, 0.25) is 0 Å². The lowest BCUT2D eigenvalue weighted by Gasteiger charge is -2.10. The number of hydrogen-bond acceptors (Lipinski definition) is 4. The van der Waals surface area contributed by atoms with Crippen molar-refractivity contribution in [2.75, 3.05) is 7.11 Å². The lowest BCUT2D eigenvalue weighted by atomic mass is 10.1. The molecule has 0 unspecified atom stereocenters. The van der Waals surface area contributed by atoms with Crippen LogP contribution in [-0.4, -0.2) is 22.1 Å². The number of nitrogens with zero attached hydrogens (tertiary/aromatic N) is 4. The number of aromatic nitrogens is 3. The van der Waals surface area contributed by atoms with Gasteiger partial charge in [0, 0.05) is 12.5 Å². The number of methoxy groups -OCH3 is 1. The summed E-state index contributed by atoms with van der Waals surface area (Å²) in [6.07, 6.45) is 0.637. The number of hydrogen-bond donors (Lipinski definition) is 0. The Hall–Kier alpha value is -2.35. The molecule has 0 radical (unpaired) electrons. The van der Waals surface area contributed by atoms with Gasteiger partial charge in [-0.05, 0) is 31.5 Å². The molecule has 0 aliphatic carbocycles. The van der Waals surface area contributed by atoms with E-state index in [1.165, 1.54) is 0 Å². The first-order valence-electron chi connectivity index (χ1n) is 6.12. The Morgan fingerprint density at radius 1 is 1.32 bits per heavy atom. The summed E-state index contributed by atoms with van der Waals surface area (Å²) in [5, 5.41) is 17.0.